The van der Waals surface area contributed by atoms with Crippen LogP contribution in [-0.2, 0) is 4.79 Å². The summed E-state index contributed by atoms with van der Waals surface area (Å²) >= 11 is 8.03. The van der Waals surface area contributed by atoms with Crippen molar-refractivity contribution >= 4 is 40.7 Å². The molecule has 1 aliphatic rings. The van der Waals surface area contributed by atoms with Gasteiger partial charge in [0.15, 0.2) is 5.78 Å². The number of carbonyl (C=O) groups is 2. The van der Waals surface area contributed by atoms with E-state index < -0.39 is 0 Å². The molecule has 0 aliphatic carbocycles. The third kappa shape index (κ3) is 5.34. The Labute approximate surface area is 207 Å². The zero-order chi connectivity index (χ0) is 24.1. The second-order valence-corrected chi connectivity index (χ2v) is 9.17. The Balaban J connectivity index is 1.33. The van der Waals surface area contributed by atoms with Crippen LogP contribution in [-0.4, -0.2) is 58.8 Å². The number of para-hydroxylation sites is 1. The number of hydrogen-bond acceptors (Lipinski definition) is 6. The topological polar surface area (TPSA) is 75.5 Å². The highest BCUT2D eigenvalue weighted by atomic mass is 35.5. The lowest BCUT2D eigenvalue weighted by atomic mass is 10.1. The number of piperazine rings is 1. The van der Waals surface area contributed by atoms with E-state index in [9.17, 15) is 14.4 Å². The van der Waals surface area contributed by atoms with Gasteiger partial charge in [-0.1, -0.05) is 41.9 Å². The molecule has 7 nitrogen and oxygen atoms in total. The summed E-state index contributed by atoms with van der Waals surface area (Å²) < 4.78 is 1.28. The monoisotopic (exact) mass is 496 g/mol. The van der Waals surface area contributed by atoms with Crippen LogP contribution in [0.25, 0.3) is 5.69 Å². The first kappa shape index (κ1) is 24.0. The number of hydrogen-bond donors (Lipinski definition) is 0. The minimum Gasteiger partial charge on any atom is -0.365 e. The Morgan fingerprint density at radius 3 is 2.29 bits per heavy atom. The lowest BCUT2D eigenvalue weighted by molar-refractivity contribution is -0.131. The molecule has 0 unspecified atom stereocenters. The number of Topliss-reactive ketones (excluding diaryl/α,β-unsaturated/α-hetero) is 1. The number of thioether (sulfide) groups is 1. The van der Waals surface area contributed by atoms with Gasteiger partial charge in [-0.25, -0.2) is 0 Å². The number of anilines is 1. The van der Waals surface area contributed by atoms with Crippen molar-refractivity contribution in [3.05, 3.63) is 81.7 Å². The molecule has 1 amide bonds. The van der Waals surface area contributed by atoms with Gasteiger partial charge in [-0.15, -0.1) is 11.8 Å². The molecule has 0 radical (unpaired) electrons. The van der Waals surface area contributed by atoms with E-state index in [0.29, 0.717) is 43.1 Å². The van der Waals surface area contributed by atoms with Crippen molar-refractivity contribution in [1.29, 1.82) is 0 Å². The normalized spacial score (nSPS) is 13.7. The average Bonchev–Trinajstić information content (AvgIpc) is 2.89. The third-order valence-corrected chi connectivity index (χ3v) is 6.95. The number of carbonyl (C=O) groups excluding carboxylic acids is 2. The number of rotatable bonds is 7. The molecule has 1 saturated heterocycles. The Morgan fingerprint density at radius 1 is 0.971 bits per heavy atom. The fourth-order valence-electron chi connectivity index (χ4n) is 3.89. The summed E-state index contributed by atoms with van der Waals surface area (Å²) in [4.78, 5) is 42.7. The van der Waals surface area contributed by atoms with Crippen molar-refractivity contribution < 1.29 is 9.59 Å². The molecule has 0 atom stereocenters. The zero-order valence-corrected chi connectivity index (χ0v) is 20.4. The number of aromatic nitrogens is 2. The van der Waals surface area contributed by atoms with Crippen molar-refractivity contribution in [2.75, 3.05) is 37.3 Å². The number of nitrogens with zero attached hydrogens (tertiary/aromatic N) is 4. The van der Waals surface area contributed by atoms with Gasteiger partial charge in [-0.2, -0.15) is 9.78 Å². The minimum atomic E-state index is -0.382. The highest BCUT2D eigenvalue weighted by molar-refractivity contribution is 7.98. The van der Waals surface area contributed by atoms with Gasteiger partial charge < -0.3 is 9.80 Å². The molecule has 0 bridgehead atoms. The molecule has 1 fully saturated rings. The molecule has 34 heavy (non-hydrogen) atoms. The highest BCUT2D eigenvalue weighted by Gasteiger charge is 2.24. The standard InChI is InChI=1S/C25H25ClN4O3S/c1-34-20-9-7-18(8-10-20)22(31)11-12-23(32)29-15-13-28(14-16-29)21-17-27-30(25(33)24(21)26)19-5-3-2-4-6-19/h2-10,17H,11-16H2,1H3. The van der Waals surface area contributed by atoms with Gasteiger partial charge >= 0.3 is 0 Å². The fraction of sp³-hybridized carbons (Fsp3) is 0.280. The van der Waals surface area contributed by atoms with Crippen LogP contribution in [0.5, 0.6) is 0 Å². The summed E-state index contributed by atoms with van der Waals surface area (Å²) in [5, 5.41) is 4.39. The van der Waals surface area contributed by atoms with E-state index in [4.69, 9.17) is 11.6 Å². The first-order valence-corrected chi connectivity index (χ1v) is 12.6. The van der Waals surface area contributed by atoms with Crippen LogP contribution in [0.4, 0.5) is 5.69 Å². The third-order valence-electron chi connectivity index (χ3n) is 5.85. The van der Waals surface area contributed by atoms with Crippen LogP contribution < -0.4 is 10.5 Å². The maximum atomic E-state index is 12.8. The fourth-order valence-corrected chi connectivity index (χ4v) is 4.55. The van der Waals surface area contributed by atoms with Gasteiger partial charge in [0.05, 0.1) is 17.6 Å². The van der Waals surface area contributed by atoms with Gasteiger partial charge in [-0.3, -0.25) is 14.4 Å². The average molecular weight is 497 g/mol. The summed E-state index contributed by atoms with van der Waals surface area (Å²) in [5.74, 6) is -0.0751. The Kier molecular flexibility index (Phi) is 7.70. The van der Waals surface area contributed by atoms with E-state index in [1.807, 2.05) is 41.5 Å². The number of benzene rings is 2. The quantitative estimate of drug-likeness (QED) is 0.364. The second kappa shape index (κ2) is 10.9. The summed E-state index contributed by atoms with van der Waals surface area (Å²) in [6.07, 6.45) is 3.94. The molecular formula is C25H25ClN4O3S. The van der Waals surface area contributed by atoms with Crippen LogP contribution in [0.15, 0.2) is 70.5 Å². The van der Waals surface area contributed by atoms with Crippen LogP contribution >= 0.6 is 23.4 Å². The van der Waals surface area contributed by atoms with Crippen LogP contribution in [0.2, 0.25) is 5.02 Å². The van der Waals surface area contributed by atoms with Crippen molar-refractivity contribution in [2.24, 2.45) is 0 Å². The van der Waals surface area contributed by atoms with Crippen molar-refractivity contribution in [2.45, 2.75) is 17.7 Å². The summed E-state index contributed by atoms with van der Waals surface area (Å²) in [6.45, 7) is 2.05. The van der Waals surface area contributed by atoms with Crippen molar-refractivity contribution in [1.82, 2.24) is 14.7 Å². The molecule has 9 heteroatoms. The van der Waals surface area contributed by atoms with Crippen LogP contribution in [0.3, 0.4) is 0 Å². The van der Waals surface area contributed by atoms with Crippen molar-refractivity contribution in [3.8, 4) is 5.69 Å². The molecule has 0 N–H and O–H groups in total. The summed E-state index contributed by atoms with van der Waals surface area (Å²) in [6, 6.07) is 16.5. The van der Waals surface area contributed by atoms with E-state index in [1.54, 1.807) is 47.1 Å². The predicted molar refractivity (Wildman–Crippen MR) is 135 cm³/mol. The molecule has 0 spiro atoms. The number of halogens is 1. The lowest BCUT2D eigenvalue weighted by Crippen LogP contribution is -2.49. The Hall–Kier alpha value is -3.10. The van der Waals surface area contributed by atoms with E-state index in [2.05, 4.69) is 5.10 Å². The van der Waals surface area contributed by atoms with Gasteiger partial charge in [0.25, 0.3) is 5.56 Å². The molecular weight excluding hydrogens is 472 g/mol. The number of ketones is 1. The van der Waals surface area contributed by atoms with E-state index in [0.717, 1.165) is 4.90 Å². The SMILES string of the molecule is CSc1ccc(C(=O)CCC(=O)N2CCN(c3cnn(-c4ccccc4)c(=O)c3Cl)CC2)cc1. The smallest absolute Gasteiger partial charge is 0.292 e. The first-order valence-electron chi connectivity index (χ1n) is 11.0. The highest BCUT2D eigenvalue weighted by Crippen LogP contribution is 2.23. The molecule has 4 rings (SSSR count). The van der Waals surface area contributed by atoms with E-state index in [1.165, 1.54) is 4.68 Å². The van der Waals surface area contributed by atoms with Gasteiger partial charge in [-0.05, 0) is 30.5 Å². The Morgan fingerprint density at radius 2 is 1.65 bits per heavy atom. The largest absolute Gasteiger partial charge is 0.365 e. The Bertz CT molecular complexity index is 1220. The van der Waals surface area contributed by atoms with Gasteiger partial charge in [0.2, 0.25) is 5.91 Å². The molecule has 1 aromatic heterocycles. The summed E-state index contributed by atoms with van der Waals surface area (Å²) in [7, 11) is 0. The van der Waals surface area contributed by atoms with Crippen LogP contribution in [0.1, 0.15) is 23.2 Å². The first-order chi connectivity index (χ1) is 16.5. The molecule has 176 valence electrons. The van der Waals surface area contributed by atoms with Gasteiger partial charge in [0.1, 0.15) is 5.02 Å². The summed E-state index contributed by atoms with van der Waals surface area (Å²) in [5.41, 5.74) is 1.46. The molecule has 0 saturated carbocycles. The maximum Gasteiger partial charge on any atom is 0.292 e. The minimum absolute atomic E-state index is 0.0310. The molecule has 2 heterocycles. The van der Waals surface area contributed by atoms with E-state index >= 15 is 0 Å². The number of amides is 1. The van der Waals surface area contributed by atoms with Crippen LogP contribution in [0, 0.1) is 0 Å². The maximum absolute atomic E-state index is 12.8. The molecule has 1 aliphatic heterocycles. The predicted octanol–water partition coefficient (Wildman–Crippen LogP) is 3.92. The van der Waals surface area contributed by atoms with E-state index in [-0.39, 0.29) is 35.1 Å². The molecule has 3 aromatic rings. The lowest BCUT2D eigenvalue weighted by Gasteiger charge is -2.36. The molecule has 2 aromatic carbocycles. The van der Waals surface area contributed by atoms with Crippen molar-refractivity contribution in [3.63, 3.8) is 0 Å². The zero-order valence-electron chi connectivity index (χ0n) is 18.8. The second-order valence-electron chi connectivity index (χ2n) is 7.92. The van der Waals surface area contributed by atoms with Gasteiger partial charge in [0, 0.05) is 49.5 Å².